The molecule has 4 nitrogen and oxygen atoms in total. The van der Waals surface area contributed by atoms with Gasteiger partial charge in [0.25, 0.3) is 0 Å². The molecule has 1 fully saturated rings. The van der Waals surface area contributed by atoms with Crippen LogP contribution in [0, 0.1) is 0 Å². The van der Waals surface area contributed by atoms with E-state index in [0.29, 0.717) is 12.0 Å². The molecule has 0 radical (unpaired) electrons. The standard InChI is InChI=1S/C7H10O4/c1-5-4-10-6(2-3-8)11-7(5)9/h6,8H,1-4H2. The van der Waals surface area contributed by atoms with E-state index in [0.717, 1.165) is 0 Å². The lowest BCUT2D eigenvalue weighted by atomic mass is 10.3. The molecule has 4 heteroatoms. The second-order valence-corrected chi connectivity index (χ2v) is 2.26. The van der Waals surface area contributed by atoms with Crippen LogP contribution in [0.1, 0.15) is 6.42 Å². The lowest BCUT2D eigenvalue weighted by Gasteiger charge is -2.22. The third-order valence-corrected chi connectivity index (χ3v) is 1.34. The average Bonchev–Trinajstić information content (AvgIpc) is 1.98. The maximum atomic E-state index is 10.8. The average molecular weight is 158 g/mol. The van der Waals surface area contributed by atoms with Crippen molar-refractivity contribution in [2.24, 2.45) is 0 Å². The number of cyclic esters (lactones) is 1. The van der Waals surface area contributed by atoms with Crippen LogP contribution in [0.4, 0.5) is 0 Å². The molecule has 1 unspecified atom stereocenters. The van der Waals surface area contributed by atoms with E-state index in [1.54, 1.807) is 0 Å². The molecule has 0 aromatic rings. The Labute approximate surface area is 64.4 Å². The van der Waals surface area contributed by atoms with Gasteiger partial charge in [-0.15, -0.1) is 0 Å². The summed E-state index contributed by atoms with van der Waals surface area (Å²) in [5.74, 6) is -0.435. The topological polar surface area (TPSA) is 55.8 Å². The SMILES string of the molecule is C=C1COC(CCO)OC1=O. The van der Waals surface area contributed by atoms with Gasteiger partial charge in [-0.1, -0.05) is 6.58 Å². The van der Waals surface area contributed by atoms with Gasteiger partial charge in [-0.25, -0.2) is 4.79 Å². The van der Waals surface area contributed by atoms with Gasteiger partial charge in [-0.05, 0) is 0 Å². The van der Waals surface area contributed by atoms with Crippen molar-refractivity contribution in [3.05, 3.63) is 12.2 Å². The lowest BCUT2D eigenvalue weighted by Crippen LogP contribution is -2.31. The van der Waals surface area contributed by atoms with E-state index in [1.807, 2.05) is 0 Å². The molecule has 1 aliphatic heterocycles. The predicted molar refractivity (Wildman–Crippen MR) is 36.7 cm³/mol. The van der Waals surface area contributed by atoms with Crippen molar-refractivity contribution in [2.45, 2.75) is 12.7 Å². The van der Waals surface area contributed by atoms with E-state index in [-0.39, 0.29) is 13.2 Å². The fourth-order valence-electron chi connectivity index (χ4n) is 0.737. The zero-order chi connectivity index (χ0) is 8.27. The normalized spacial score (nSPS) is 25.0. The fraction of sp³-hybridized carbons (Fsp3) is 0.571. The Balaban J connectivity index is 2.40. The largest absolute Gasteiger partial charge is 0.432 e. The van der Waals surface area contributed by atoms with Crippen molar-refractivity contribution in [2.75, 3.05) is 13.2 Å². The van der Waals surface area contributed by atoms with E-state index < -0.39 is 12.3 Å². The Morgan fingerprint density at radius 1 is 1.73 bits per heavy atom. The van der Waals surface area contributed by atoms with Gasteiger partial charge in [-0.2, -0.15) is 0 Å². The molecule has 0 saturated carbocycles. The van der Waals surface area contributed by atoms with Gasteiger partial charge in [0, 0.05) is 13.0 Å². The molecule has 11 heavy (non-hydrogen) atoms. The highest BCUT2D eigenvalue weighted by Gasteiger charge is 2.23. The summed E-state index contributed by atoms with van der Waals surface area (Å²) in [6, 6.07) is 0. The van der Waals surface area contributed by atoms with Crippen molar-refractivity contribution < 1.29 is 19.4 Å². The molecule has 0 aromatic heterocycles. The van der Waals surface area contributed by atoms with Crippen molar-refractivity contribution in [1.82, 2.24) is 0 Å². The summed E-state index contributed by atoms with van der Waals surface area (Å²) in [6.45, 7) is 3.57. The Kier molecular flexibility index (Phi) is 2.62. The molecule has 1 saturated heterocycles. The number of carbonyl (C=O) groups is 1. The number of esters is 1. The minimum Gasteiger partial charge on any atom is -0.432 e. The van der Waals surface area contributed by atoms with Gasteiger partial charge < -0.3 is 14.6 Å². The number of hydrogen-bond donors (Lipinski definition) is 1. The van der Waals surface area contributed by atoms with Crippen LogP contribution >= 0.6 is 0 Å². The third kappa shape index (κ3) is 2.03. The third-order valence-electron chi connectivity index (χ3n) is 1.34. The van der Waals surface area contributed by atoms with E-state index in [9.17, 15) is 4.79 Å². The highest BCUT2D eigenvalue weighted by Crippen LogP contribution is 2.12. The van der Waals surface area contributed by atoms with Crippen molar-refractivity contribution >= 4 is 5.97 Å². The van der Waals surface area contributed by atoms with E-state index >= 15 is 0 Å². The van der Waals surface area contributed by atoms with E-state index in [2.05, 4.69) is 6.58 Å². The van der Waals surface area contributed by atoms with Gasteiger partial charge >= 0.3 is 5.97 Å². The van der Waals surface area contributed by atoms with Crippen LogP contribution in [-0.4, -0.2) is 30.6 Å². The van der Waals surface area contributed by atoms with E-state index in [4.69, 9.17) is 14.6 Å². The fourth-order valence-corrected chi connectivity index (χ4v) is 0.737. The molecule has 1 rings (SSSR count). The van der Waals surface area contributed by atoms with Crippen LogP contribution in [0.2, 0.25) is 0 Å². The molecule has 0 aliphatic carbocycles. The number of carbonyl (C=O) groups excluding carboxylic acids is 1. The molecule has 1 aliphatic rings. The van der Waals surface area contributed by atoms with Gasteiger partial charge in [0.05, 0.1) is 12.2 Å². The first-order chi connectivity index (χ1) is 5.24. The number of rotatable bonds is 2. The molecule has 0 aromatic carbocycles. The zero-order valence-corrected chi connectivity index (χ0v) is 6.08. The highest BCUT2D eigenvalue weighted by molar-refractivity contribution is 5.88. The van der Waals surface area contributed by atoms with Gasteiger partial charge in [-0.3, -0.25) is 0 Å². The number of ether oxygens (including phenoxy) is 2. The van der Waals surface area contributed by atoms with Crippen LogP contribution in [-0.2, 0) is 14.3 Å². The number of hydrogen-bond acceptors (Lipinski definition) is 4. The second kappa shape index (κ2) is 3.50. The summed E-state index contributed by atoms with van der Waals surface area (Å²) in [5, 5.41) is 8.48. The van der Waals surface area contributed by atoms with Crippen LogP contribution in [0.25, 0.3) is 0 Å². The molecule has 0 amide bonds. The highest BCUT2D eigenvalue weighted by atomic mass is 16.7. The van der Waals surface area contributed by atoms with Crippen LogP contribution in [0.5, 0.6) is 0 Å². The van der Waals surface area contributed by atoms with Crippen LogP contribution in [0.3, 0.4) is 0 Å². The summed E-state index contributed by atoms with van der Waals surface area (Å²) < 4.78 is 9.72. The van der Waals surface area contributed by atoms with Crippen LogP contribution in [0.15, 0.2) is 12.2 Å². The Morgan fingerprint density at radius 2 is 2.45 bits per heavy atom. The maximum absolute atomic E-state index is 10.8. The number of aliphatic hydroxyl groups excluding tert-OH is 1. The summed E-state index contributed by atoms with van der Waals surface area (Å²) >= 11 is 0. The summed E-state index contributed by atoms with van der Waals surface area (Å²) in [4.78, 5) is 10.8. The summed E-state index contributed by atoms with van der Waals surface area (Å²) in [6.07, 6.45) is -0.281. The molecular weight excluding hydrogens is 148 g/mol. The predicted octanol–water partition coefficient (Wildman–Crippen LogP) is -0.175. The van der Waals surface area contributed by atoms with Gasteiger partial charge in [0.15, 0.2) is 0 Å². The van der Waals surface area contributed by atoms with Gasteiger partial charge in [0.1, 0.15) is 0 Å². The van der Waals surface area contributed by atoms with E-state index in [1.165, 1.54) is 0 Å². The van der Waals surface area contributed by atoms with Crippen LogP contribution < -0.4 is 0 Å². The molecule has 1 N–H and O–H groups in total. The minimum absolute atomic E-state index is 0.0512. The smallest absolute Gasteiger partial charge is 0.338 e. The molecule has 62 valence electrons. The monoisotopic (exact) mass is 158 g/mol. The first kappa shape index (κ1) is 8.23. The molecule has 0 bridgehead atoms. The summed E-state index contributed by atoms with van der Waals surface area (Å²) in [7, 11) is 0. The Hall–Kier alpha value is -0.870. The quantitative estimate of drug-likeness (QED) is 0.447. The Bertz CT molecular complexity index is 175. The zero-order valence-electron chi connectivity index (χ0n) is 6.08. The first-order valence-electron chi connectivity index (χ1n) is 3.35. The maximum Gasteiger partial charge on any atom is 0.338 e. The van der Waals surface area contributed by atoms with Crippen molar-refractivity contribution in [1.29, 1.82) is 0 Å². The molecule has 1 atom stereocenters. The lowest BCUT2D eigenvalue weighted by molar-refractivity contribution is -0.188. The van der Waals surface area contributed by atoms with Crippen molar-refractivity contribution in [3.8, 4) is 0 Å². The summed E-state index contributed by atoms with van der Waals surface area (Å²) in [5.41, 5.74) is 0.319. The minimum atomic E-state index is -0.599. The molecule has 1 heterocycles. The number of aliphatic hydroxyl groups is 1. The molecule has 0 spiro atoms. The Morgan fingerprint density at radius 3 is 3.00 bits per heavy atom. The molecular formula is C7H10O4. The second-order valence-electron chi connectivity index (χ2n) is 2.26. The van der Waals surface area contributed by atoms with Crippen molar-refractivity contribution in [3.63, 3.8) is 0 Å². The first-order valence-corrected chi connectivity index (χ1v) is 3.35. The van der Waals surface area contributed by atoms with Gasteiger partial charge in [0.2, 0.25) is 6.29 Å².